The summed E-state index contributed by atoms with van der Waals surface area (Å²) in [6.07, 6.45) is 0. The van der Waals surface area contributed by atoms with E-state index in [4.69, 9.17) is 4.42 Å². The summed E-state index contributed by atoms with van der Waals surface area (Å²) in [6, 6.07) is 6.22. The van der Waals surface area contributed by atoms with Crippen LogP contribution in [0.4, 0.5) is 5.82 Å². The van der Waals surface area contributed by atoms with Gasteiger partial charge < -0.3 is 9.73 Å². The van der Waals surface area contributed by atoms with Crippen LogP contribution in [0.25, 0.3) is 0 Å². The van der Waals surface area contributed by atoms with Crippen molar-refractivity contribution in [2.24, 2.45) is 0 Å². The number of nitrogens with one attached hydrogen (secondary N) is 1. The molecule has 96 valence electrons. The molecule has 0 fully saturated rings. The summed E-state index contributed by atoms with van der Waals surface area (Å²) in [6.45, 7) is 8.04. The molecule has 0 aromatic carbocycles. The fourth-order valence-electron chi connectivity index (χ4n) is 2.00. The molecule has 2 aromatic rings. The molecule has 0 amide bonds. The second-order valence-electron chi connectivity index (χ2n) is 4.50. The number of furan rings is 1. The molecule has 0 saturated heterocycles. The highest BCUT2D eigenvalue weighted by molar-refractivity contribution is 9.10. The minimum Gasteiger partial charge on any atom is -0.466 e. The lowest BCUT2D eigenvalue weighted by molar-refractivity contribution is 0.500. The summed E-state index contributed by atoms with van der Waals surface area (Å²) in [7, 11) is 0. The Kier molecular flexibility index (Phi) is 3.76. The quantitative estimate of drug-likeness (QED) is 0.905. The van der Waals surface area contributed by atoms with Crippen LogP contribution in [0.15, 0.2) is 27.1 Å². The van der Waals surface area contributed by atoms with Gasteiger partial charge in [0.25, 0.3) is 0 Å². The van der Waals surface area contributed by atoms with Crippen molar-refractivity contribution in [2.75, 3.05) is 5.32 Å². The first-order valence-corrected chi connectivity index (χ1v) is 6.73. The van der Waals surface area contributed by atoms with E-state index in [1.807, 2.05) is 32.9 Å². The largest absolute Gasteiger partial charge is 0.466 e. The van der Waals surface area contributed by atoms with Gasteiger partial charge in [0.15, 0.2) is 0 Å². The van der Waals surface area contributed by atoms with Crippen molar-refractivity contribution in [3.8, 4) is 0 Å². The molecule has 0 spiro atoms. The van der Waals surface area contributed by atoms with Crippen LogP contribution in [0.1, 0.15) is 35.7 Å². The highest BCUT2D eigenvalue weighted by Crippen LogP contribution is 2.25. The predicted octanol–water partition coefficient (Wildman–Crippen LogP) is 4.54. The monoisotopic (exact) mass is 308 g/mol. The number of rotatable bonds is 3. The zero-order chi connectivity index (χ0) is 13.3. The molecule has 2 heterocycles. The van der Waals surface area contributed by atoms with Crippen molar-refractivity contribution in [2.45, 2.75) is 33.7 Å². The molecular weight excluding hydrogens is 292 g/mol. The van der Waals surface area contributed by atoms with Gasteiger partial charge in [0.05, 0.1) is 11.7 Å². The average Bonchev–Trinajstić information content (AvgIpc) is 2.63. The van der Waals surface area contributed by atoms with E-state index in [-0.39, 0.29) is 6.04 Å². The van der Waals surface area contributed by atoms with Gasteiger partial charge in [-0.25, -0.2) is 4.98 Å². The van der Waals surface area contributed by atoms with Crippen molar-refractivity contribution in [1.82, 2.24) is 4.98 Å². The van der Waals surface area contributed by atoms with E-state index in [1.54, 1.807) is 0 Å². The number of anilines is 1. The Balaban J connectivity index is 2.18. The lowest BCUT2D eigenvalue weighted by Gasteiger charge is -2.14. The molecule has 0 saturated carbocycles. The molecule has 2 rings (SSSR count). The highest BCUT2D eigenvalue weighted by atomic mass is 79.9. The van der Waals surface area contributed by atoms with E-state index < -0.39 is 0 Å². The van der Waals surface area contributed by atoms with Crippen LogP contribution in [0.5, 0.6) is 0 Å². The van der Waals surface area contributed by atoms with Gasteiger partial charge in [-0.1, -0.05) is 0 Å². The highest BCUT2D eigenvalue weighted by Gasteiger charge is 2.13. The van der Waals surface area contributed by atoms with Crippen molar-refractivity contribution < 1.29 is 4.42 Å². The molecule has 0 aliphatic carbocycles. The molecule has 0 aliphatic rings. The van der Waals surface area contributed by atoms with Crippen molar-refractivity contribution in [1.29, 1.82) is 0 Å². The summed E-state index contributed by atoms with van der Waals surface area (Å²) in [4.78, 5) is 4.49. The zero-order valence-electron chi connectivity index (χ0n) is 11.0. The maximum Gasteiger partial charge on any atom is 0.126 e. The van der Waals surface area contributed by atoms with Crippen LogP contribution in [-0.2, 0) is 0 Å². The lowest BCUT2D eigenvalue weighted by Crippen LogP contribution is -2.08. The Hall–Kier alpha value is -1.29. The third kappa shape index (κ3) is 2.75. The van der Waals surface area contributed by atoms with Gasteiger partial charge >= 0.3 is 0 Å². The lowest BCUT2D eigenvalue weighted by atomic mass is 10.1. The van der Waals surface area contributed by atoms with Crippen LogP contribution in [0.3, 0.4) is 0 Å². The summed E-state index contributed by atoms with van der Waals surface area (Å²) in [5, 5.41) is 3.39. The maximum absolute atomic E-state index is 5.55. The van der Waals surface area contributed by atoms with Crippen LogP contribution in [0.2, 0.25) is 0 Å². The van der Waals surface area contributed by atoms with Crippen molar-refractivity contribution in [3.63, 3.8) is 0 Å². The van der Waals surface area contributed by atoms with E-state index in [9.17, 15) is 0 Å². The third-order valence-corrected chi connectivity index (χ3v) is 3.77. The van der Waals surface area contributed by atoms with Crippen LogP contribution < -0.4 is 5.32 Å². The second-order valence-corrected chi connectivity index (χ2v) is 5.35. The molecule has 2 aromatic heterocycles. The van der Waals surface area contributed by atoms with Gasteiger partial charge in [-0.3, -0.25) is 0 Å². The topological polar surface area (TPSA) is 38.1 Å². The third-order valence-electron chi connectivity index (χ3n) is 2.93. The Labute approximate surface area is 116 Å². The molecule has 1 unspecified atom stereocenters. The Morgan fingerprint density at radius 3 is 2.56 bits per heavy atom. The van der Waals surface area contributed by atoms with Gasteiger partial charge in [-0.15, -0.1) is 0 Å². The van der Waals surface area contributed by atoms with Gasteiger partial charge in [-0.2, -0.15) is 0 Å². The number of aromatic nitrogens is 1. The molecule has 0 bridgehead atoms. The normalized spacial score (nSPS) is 12.5. The van der Waals surface area contributed by atoms with Crippen LogP contribution >= 0.6 is 15.9 Å². The Bertz CT molecular complexity index is 563. The predicted molar refractivity (Wildman–Crippen MR) is 76.9 cm³/mol. The first kappa shape index (κ1) is 13.1. The van der Waals surface area contributed by atoms with Gasteiger partial charge in [0.2, 0.25) is 0 Å². The number of pyridine rings is 1. The molecule has 3 nitrogen and oxygen atoms in total. The fraction of sp³-hybridized carbons (Fsp3) is 0.357. The van der Waals surface area contributed by atoms with Crippen LogP contribution in [-0.4, -0.2) is 4.98 Å². The SMILES string of the molecule is Cc1cc(C(C)Nc2ccc(Br)c(C)n2)c(C)o1. The summed E-state index contributed by atoms with van der Waals surface area (Å²) >= 11 is 3.45. The summed E-state index contributed by atoms with van der Waals surface area (Å²) in [5.74, 6) is 2.78. The van der Waals surface area contributed by atoms with E-state index in [1.165, 1.54) is 5.56 Å². The molecule has 4 heteroatoms. The molecule has 18 heavy (non-hydrogen) atoms. The Morgan fingerprint density at radius 2 is 2.00 bits per heavy atom. The van der Waals surface area contributed by atoms with Crippen molar-refractivity contribution >= 4 is 21.7 Å². The fourth-order valence-corrected chi connectivity index (χ4v) is 2.23. The second kappa shape index (κ2) is 5.14. The number of halogens is 1. The molecule has 1 atom stereocenters. The van der Waals surface area contributed by atoms with E-state index in [0.717, 1.165) is 27.5 Å². The van der Waals surface area contributed by atoms with E-state index in [0.29, 0.717) is 0 Å². The molecule has 1 N–H and O–H groups in total. The smallest absolute Gasteiger partial charge is 0.126 e. The van der Waals surface area contributed by atoms with Crippen molar-refractivity contribution in [3.05, 3.63) is 45.4 Å². The number of hydrogen-bond donors (Lipinski definition) is 1. The van der Waals surface area contributed by atoms with Gasteiger partial charge in [0.1, 0.15) is 17.3 Å². The maximum atomic E-state index is 5.55. The molecule has 0 aliphatic heterocycles. The summed E-state index contributed by atoms with van der Waals surface area (Å²) < 4.78 is 6.57. The van der Waals surface area contributed by atoms with E-state index in [2.05, 4.69) is 39.2 Å². The first-order chi connectivity index (χ1) is 8.47. The van der Waals surface area contributed by atoms with Crippen LogP contribution in [0, 0.1) is 20.8 Å². The molecule has 0 radical (unpaired) electrons. The number of aryl methyl sites for hydroxylation is 3. The van der Waals surface area contributed by atoms with Gasteiger partial charge in [0, 0.05) is 10.0 Å². The van der Waals surface area contributed by atoms with E-state index >= 15 is 0 Å². The first-order valence-electron chi connectivity index (χ1n) is 5.94. The standard InChI is InChI=1S/C14H17BrN2O/c1-8-7-12(11(4)18-8)9(2)16-14-6-5-13(15)10(3)17-14/h5-7,9H,1-4H3,(H,16,17). The summed E-state index contributed by atoms with van der Waals surface area (Å²) in [5.41, 5.74) is 2.15. The Morgan fingerprint density at radius 1 is 1.28 bits per heavy atom. The number of hydrogen-bond acceptors (Lipinski definition) is 3. The zero-order valence-corrected chi connectivity index (χ0v) is 12.6. The average molecular weight is 309 g/mol. The van der Waals surface area contributed by atoms with Gasteiger partial charge in [-0.05, 0) is 61.8 Å². The minimum atomic E-state index is 0.176. The number of nitrogens with zero attached hydrogens (tertiary/aromatic N) is 1. The minimum absolute atomic E-state index is 0.176. The molecular formula is C14H17BrN2O.